The van der Waals surface area contributed by atoms with E-state index in [2.05, 4.69) is 41.2 Å². The molecule has 3 aromatic rings. The minimum Gasteiger partial charge on any atom is -0.383 e. The standard InChI is InChI=1S/C17H18N4S2/c1-21-8-7-12-13(9-21)23-16-14(12)15(18)19-17(20-16)22-10-11-5-3-2-4-6-11/h2-6H,7-10H2,1H3,(H2,18,19,20). The minimum atomic E-state index is 0.632. The van der Waals surface area contributed by atoms with Crippen molar-refractivity contribution in [2.75, 3.05) is 19.3 Å². The summed E-state index contributed by atoms with van der Waals surface area (Å²) in [5.74, 6) is 1.49. The minimum absolute atomic E-state index is 0.632. The molecule has 0 amide bonds. The molecule has 1 aliphatic rings. The van der Waals surface area contributed by atoms with Crippen molar-refractivity contribution in [2.45, 2.75) is 23.9 Å². The van der Waals surface area contributed by atoms with Gasteiger partial charge < -0.3 is 10.6 Å². The van der Waals surface area contributed by atoms with Crippen LogP contribution in [0.5, 0.6) is 0 Å². The molecular formula is C17H18N4S2. The van der Waals surface area contributed by atoms with Crippen molar-refractivity contribution in [3.63, 3.8) is 0 Å². The first-order chi connectivity index (χ1) is 11.2. The molecule has 4 nitrogen and oxygen atoms in total. The Kier molecular flexibility index (Phi) is 3.97. The lowest BCUT2D eigenvalue weighted by molar-refractivity contribution is 0.318. The first-order valence-corrected chi connectivity index (χ1v) is 9.44. The molecule has 1 aromatic carbocycles. The molecule has 0 saturated heterocycles. The second kappa shape index (κ2) is 6.11. The van der Waals surface area contributed by atoms with Crippen LogP contribution < -0.4 is 5.73 Å². The molecule has 1 aliphatic heterocycles. The van der Waals surface area contributed by atoms with Crippen molar-refractivity contribution in [3.05, 3.63) is 46.3 Å². The molecule has 0 unspecified atom stereocenters. The maximum Gasteiger partial charge on any atom is 0.191 e. The number of thiophene rings is 1. The number of aromatic nitrogens is 2. The normalized spacial score (nSPS) is 15.0. The summed E-state index contributed by atoms with van der Waals surface area (Å²) in [4.78, 5) is 14.1. The Labute approximate surface area is 143 Å². The van der Waals surface area contributed by atoms with Gasteiger partial charge in [0.1, 0.15) is 10.6 Å². The lowest BCUT2D eigenvalue weighted by Crippen LogP contribution is -2.25. The Morgan fingerprint density at radius 2 is 2.09 bits per heavy atom. The smallest absolute Gasteiger partial charge is 0.191 e. The number of nitrogen functional groups attached to an aromatic ring is 1. The van der Waals surface area contributed by atoms with Crippen LogP contribution in [0.25, 0.3) is 10.2 Å². The molecule has 6 heteroatoms. The van der Waals surface area contributed by atoms with E-state index >= 15 is 0 Å². The van der Waals surface area contributed by atoms with Crippen LogP contribution in [0.3, 0.4) is 0 Å². The Bertz CT molecular complexity index is 845. The van der Waals surface area contributed by atoms with Gasteiger partial charge in [-0.25, -0.2) is 9.97 Å². The fourth-order valence-corrected chi connectivity index (χ4v) is 5.09. The summed E-state index contributed by atoms with van der Waals surface area (Å²) in [6, 6.07) is 10.4. The second-order valence-electron chi connectivity index (χ2n) is 5.84. The van der Waals surface area contributed by atoms with E-state index in [-0.39, 0.29) is 0 Å². The molecule has 0 spiro atoms. The maximum absolute atomic E-state index is 6.26. The molecule has 0 saturated carbocycles. The summed E-state index contributed by atoms with van der Waals surface area (Å²) in [6.45, 7) is 2.06. The van der Waals surface area contributed by atoms with Crippen LogP contribution in [0.15, 0.2) is 35.5 Å². The number of benzene rings is 1. The molecule has 23 heavy (non-hydrogen) atoms. The number of thioether (sulfide) groups is 1. The summed E-state index contributed by atoms with van der Waals surface area (Å²) >= 11 is 3.41. The quantitative estimate of drug-likeness (QED) is 0.583. The molecule has 0 bridgehead atoms. The Morgan fingerprint density at radius 3 is 2.91 bits per heavy atom. The van der Waals surface area contributed by atoms with Crippen molar-refractivity contribution >= 4 is 39.1 Å². The highest BCUT2D eigenvalue weighted by molar-refractivity contribution is 7.98. The third-order valence-electron chi connectivity index (χ3n) is 4.11. The number of nitrogens with zero attached hydrogens (tertiary/aromatic N) is 3. The van der Waals surface area contributed by atoms with E-state index in [9.17, 15) is 0 Å². The van der Waals surface area contributed by atoms with E-state index in [1.54, 1.807) is 23.1 Å². The van der Waals surface area contributed by atoms with Gasteiger partial charge in [0.2, 0.25) is 0 Å². The monoisotopic (exact) mass is 342 g/mol. The van der Waals surface area contributed by atoms with Crippen LogP contribution in [-0.2, 0) is 18.7 Å². The lowest BCUT2D eigenvalue weighted by atomic mass is 10.1. The lowest BCUT2D eigenvalue weighted by Gasteiger charge is -2.22. The molecular weight excluding hydrogens is 324 g/mol. The van der Waals surface area contributed by atoms with Gasteiger partial charge in [-0.2, -0.15) is 0 Å². The first kappa shape index (κ1) is 14.9. The van der Waals surface area contributed by atoms with Crippen LogP contribution in [0, 0.1) is 0 Å². The Balaban J connectivity index is 1.65. The average Bonchev–Trinajstić information content (AvgIpc) is 2.91. The van der Waals surface area contributed by atoms with Gasteiger partial charge in [0.15, 0.2) is 5.16 Å². The Morgan fingerprint density at radius 1 is 1.26 bits per heavy atom. The highest BCUT2D eigenvalue weighted by atomic mass is 32.2. The average molecular weight is 342 g/mol. The highest BCUT2D eigenvalue weighted by Crippen LogP contribution is 2.37. The van der Waals surface area contributed by atoms with Gasteiger partial charge in [0.25, 0.3) is 0 Å². The fourth-order valence-electron chi connectivity index (χ4n) is 2.92. The molecule has 0 atom stereocenters. The van der Waals surface area contributed by atoms with Gasteiger partial charge in [0.05, 0.1) is 5.39 Å². The van der Waals surface area contributed by atoms with Crippen molar-refractivity contribution in [3.8, 4) is 0 Å². The largest absolute Gasteiger partial charge is 0.383 e. The van der Waals surface area contributed by atoms with Gasteiger partial charge in [-0.15, -0.1) is 11.3 Å². The number of nitrogens with two attached hydrogens (primary N) is 1. The van der Waals surface area contributed by atoms with E-state index in [4.69, 9.17) is 10.7 Å². The van der Waals surface area contributed by atoms with Gasteiger partial charge >= 0.3 is 0 Å². The van der Waals surface area contributed by atoms with Crippen LogP contribution in [0.2, 0.25) is 0 Å². The van der Waals surface area contributed by atoms with Gasteiger partial charge in [-0.05, 0) is 24.6 Å². The zero-order valence-electron chi connectivity index (χ0n) is 13.0. The molecule has 4 rings (SSSR count). The van der Waals surface area contributed by atoms with Gasteiger partial charge in [-0.1, -0.05) is 42.1 Å². The molecule has 3 heterocycles. The number of anilines is 1. The van der Waals surface area contributed by atoms with Crippen LogP contribution >= 0.6 is 23.1 Å². The zero-order valence-corrected chi connectivity index (χ0v) is 14.6. The summed E-state index contributed by atoms with van der Waals surface area (Å²) in [5, 5.41) is 1.85. The van der Waals surface area contributed by atoms with Crippen molar-refractivity contribution in [1.82, 2.24) is 14.9 Å². The topological polar surface area (TPSA) is 55.0 Å². The van der Waals surface area contributed by atoms with E-state index in [1.165, 1.54) is 16.0 Å². The Hall–Kier alpha value is -1.63. The van der Waals surface area contributed by atoms with E-state index < -0.39 is 0 Å². The van der Waals surface area contributed by atoms with Crippen molar-refractivity contribution in [1.29, 1.82) is 0 Å². The molecule has 2 N–H and O–H groups in total. The molecule has 0 fully saturated rings. The van der Waals surface area contributed by atoms with E-state index in [0.717, 1.165) is 40.6 Å². The number of fused-ring (bicyclic) bond motifs is 3. The van der Waals surface area contributed by atoms with Crippen molar-refractivity contribution in [2.24, 2.45) is 0 Å². The van der Waals surface area contributed by atoms with Crippen LogP contribution in [0.4, 0.5) is 5.82 Å². The third kappa shape index (κ3) is 2.94. The number of hydrogen-bond donors (Lipinski definition) is 1. The van der Waals surface area contributed by atoms with Gasteiger partial charge in [0, 0.05) is 23.7 Å². The fraction of sp³-hybridized carbons (Fsp3) is 0.294. The molecule has 2 aromatic heterocycles. The van der Waals surface area contributed by atoms with Crippen LogP contribution in [0.1, 0.15) is 16.0 Å². The molecule has 0 aliphatic carbocycles. The predicted molar refractivity (Wildman–Crippen MR) is 97.9 cm³/mol. The highest BCUT2D eigenvalue weighted by Gasteiger charge is 2.22. The second-order valence-corrected chi connectivity index (χ2v) is 7.86. The third-order valence-corrected chi connectivity index (χ3v) is 6.14. The van der Waals surface area contributed by atoms with E-state index in [0.29, 0.717) is 5.82 Å². The predicted octanol–water partition coefficient (Wildman–Crippen LogP) is 3.55. The summed E-state index contributed by atoms with van der Waals surface area (Å²) in [7, 11) is 2.16. The number of hydrogen-bond acceptors (Lipinski definition) is 6. The summed E-state index contributed by atoms with van der Waals surface area (Å²) in [6.07, 6.45) is 1.04. The van der Waals surface area contributed by atoms with Crippen molar-refractivity contribution < 1.29 is 0 Å². The number of rotatable bonds is 3. The summed E-state index contributed by atoms with van der Waals surface area (Å²) in [5.41, 5.74) is 8.89. The number of likely N-dealkylation sites (N-methyl/N-ethyl adjacent to an activating group) is 1. The van der Waals surface area contributed by atoms with Crippen LogP contribution in [-0.4, -0.2) is 28.5 Å². The first-order valence-electron chi connectivity index (χ1n) is 7.64. The van der Waals surface area contributed by atoms with Gasteiger partial charge in [-0.3, -0.25) is 0 Å². The summed E-state index contributed by atoms with van der Waals surface area (Å²) < 4.78 is 0. The molecule has 118 valence electrons. The zero-order chi connectivity index (χ0) is 15.8. The van der Waals surface area contributed by atoms with E-state index in [1.807, 2.05) is 6.07 Å². The SMILES string of the molecule is CN1CCc2c(sc3nc(SCc4ccccc4)nc(N)c23)C1. The molecule has 0 radical (unpaired) electrons. The maximum atomic E-state index is 6.26.